The van der Waals surface area contributed by atoms with Crippen LogP contribution in [-0.4, -0.2) is 49.4 Å². The Morgan fingerprint density at radius 1 is 1.61 bits per heavy atom. The van der Waals surface area contributed by atoms with Crippen molar-refractivity contribution < 1.29 is 4.79 Å². The third kappa shape index (κ3) is 2.88. The first kappa shape index (κ1) is 13.0. The molecule has 1 aromatic heterocycles. The van der Waals surface area contributed by atoms with Gasteiger partial charge < -0.3 is 9.80 Å². The Hall–Kier alpha value is -1.42. The van der Waals surface area contributed by atoms with Crippen LogP contribution in [0.4, 0.5) is 5.82 Å². The zero-order valence-corrected chi connectivity index (χ0v) is 11.4. The first-order chi connectivity index (χ1) is 8.58. The Kier molecular flexibility index (Phi) is 3.97. The van der Waals surface area contributed by atoms with Crippen molar-refractivity contribution in [3.8, 4) is 0 Å². The summed E-state index contributed by atoms with van der Waals surface area (Å²) < 4.78 is 0. The molecule has 4 nitrogen and oxygen atoms in total. The van der Waals surface area contributed by atoms with Crippen molar-refractivity contribution in [1.29, 1.82) is 0 Å². The van der Waals surface area contributed by atoms with Crippen molar-refractivity contribution in [2.24, 2.45) is 5.92 Å². The first-order valence-corrected chi connectivity index (χ1v) is 6.43. The van der Waals surface area contributed by atoms with Crippen LogP contribution in [0.25, 0.3) is 0 Å². The number of rotatable bonds is 4. The summed E-state index contributed by atoms with van der Waals surface area (Å²) >= 11 is 0. The molecule has 1 atom stereocenters. The van der Waals surface area contributed by atoms with Crippen LogP contribution in [0.3, 0.4) is 0 Å². The van der Waals surface area contributed by atoms with E-state index >= 15 is 0 Å². The van der Waals surface area contributed by atoms with Gasteiger partial charge in [-0.05, 0) is 45.0 Å². The number of hydrogen-bond donors (Lipinski definition) is 0. The zero-order valence-electron chi connectivity index (χ0n) is 11.4. The second-order valence-electron chi connectivity index (χ2n) is 5.23. The maximum absolute atomic E-state index is 11.6. The molecule has 0 amide bonds. The Morgan fingerprint density at radius 2 is 2.39 bits per heavy atom. The van der Waals surface area contributed by atoms with Gasteiger partial charge in [0.1, 0.15) is 5.82 Å². The van der Waals surface area contributed by atoms with Gasteiger partial charge in [0.15, 0.2) is 5.78 Å². The molecular formula is C14H21N3O. The molecule has 2 heterocycles. The number of carbonyl (C=O) groups is 1. The Balaban J connectivity index is 2.09. The lowest BCUT2D eigenvalue weighted by atomic mass is 10.1. The van der Waals surface area contributed by atoms with Crippen LogP contribution in [-0.2, 0) is 0 Å². The van der Waals surface area contributed by atoms with Gasteiger partial charge in [-0.2, -0.15) is 0 Å². The summed E-state index contributed by atoms with van der Waals surface area (Å²) in [5, 5.41) is 0. The number of anilines is 1. The molecule has 0 saturated carbocycles. The van der Waals surface area contributed by atoms with E-state index in [4.69, 9.17) is 0 Å². The van der Waals surface area contributed by atoms with Crippen LogP contribution < -0.4 is 4.90 Å². The van der Waals surface area contributed by atoms with E-state index in [0.29, 0.717) is 11.5 Å². The highest BCUT2D eigenvalue weighted by Gasteiger charge is 2.22. The largest absolute Gasteiger partial charge is 0.359 e. The van der Waals surface area contributed by atoms with Crippen LogP contribution in [0.5, 0.6) is 0 Å². The Labute approximate surface area is 109 Å². The monoisotopic (exact) mass is 247 g/mol. The molecule has 0 spiro atoms. The topological polar surface area (TPSA) is 36.4 Å². The Bertz CT molecular complexity index is 433. The molecule has 1 fully saturated rings. The van der Waals surface area contributed by atoms with Crippen LogP contribution in [0.15, 0.2) is 18.3 Å². The predicted molar refractivity (Wildman–Crippen MR) is 73.1 cm³/mol. The smallest absolute Gasteiger partial charge is 0.163 e. The molecule has 1 aliphatic rings. The van der Waals surface area contributed by atoms with Gasteiger partial charge in [0.05, 0.1) is 5.56 Å². The van der Waals surface area contributed by atoms with E-state index in [9.17, 15) is 4.79 Å². The van der Waals surface area contributed by atoms with Gasteiger partial charge in [-0.15, -0.1) is 0 Å². The summed E-state index contributed by atoms with van der Waals surface area (Å²) in [4.78, 5) is 20.4. The highest BCUT2D eigenvalue weighted by molar-refractivity contribution is 5.98. The fourth-order valence-electron chi connectivity index (χ4n) is 2.63. The number of aromatic nitrogens is 1. The summed E-state index contributed by atoms with van der Waals surface area (Å²) in [6.45, 7) is 4.85. The molecular weight excluding hydrogens is 226 g/mol. The minimum Gasteiger partial charge on any atom is -0.359 e. The summed E-state index contributed by atoms with van der Waals surface area (Å²) in [6.07, 6.45) is 2.97. The molecule has 0 N–H and O–H groups in total. The van der Waals surface area contributed by atoms with Crippen molar-refractivity contribution in [2.75, 3.05) is 38.6 Å². The van der Waals surface area contributed by atoms with E-state index < -0.39 is 0 Å². The van der Waals surface area contributed by atoms with Gasteiger partial charge in [-0.25, -0.2) is 4.98 Å². The second-order valence-corrected chi connectivity index (χ2v) is 5.23. The van der Waals surface area contributed by atoms with Gasteiger partial charge >= 0.3 is 0 Å². The van der Waals surface area contributed by atoms with Crippen molar-refractivity contribution in [3.05, 3.63) is 23.9 Å². The fourth-order valence-corrected chi connectivity index (χ4v) is 2.63. The number of hydrogen-bond acceptors (Lipinski definition) is 4. The van der Waals surface area contributed by atoms with Crippen LogP contribution in [0, 0.1) is 5.92 Å². The van der Waals surface area contributed by atoms with Gasteiger partial charge in [0.2, 0.25) is 0 Å². The Morgan fingerprint density at radius 3 is 3.00 bits per heavy atom. The van der Waals surface area contributed by atoms with Gasteiger partial charge in [0, 0.05) is 26.3 Å². The normalized spacial score (nSPS) is 20.1. The summed E-state index contributed by atoms with van der Waals surface area (Å²) in [5.74, 6) is 1.55. The van der Waals surface area contributed by atoms with Crippen molar-refractivity contribution in [3.63, 3.8) is 0 Å². The number of nitrogens with zero attached hydrogens (tertiary/aromatic N) is 3. The minimum atomic E-state index is 0.0773. The average Bonchev–Trinajstić information content (AvgIpc) is 2.74. The van der Waals surface area contributed by atoms with E-state index in [2.05, 4.69) is 21.8 Å². The molecule has 98 valence electrons. The first-order valence-electron chi connectivity index (χ1n) is 6.43. The lowest BCUT2D eigenvalue weighted by molar-refractivity contribution is 0.101. The van der Waals surface area contributed by atoms with Gasteiger partial charge in [0.25, 0.3) is 0 Å². The maximum Gasteiger partial charge on any atom is 0.163 e. The van der Waals surface area contributed by atoms with Gasteiger partial charge in [-0.3, -0.25) is 4.79 Å². The molecule has 0 aromatic carbocycles. The summed E-state index contributed by atoms with van der Waals surface area (Å²) in [6, 6.07) is 3.67. The lowest BCUT2D eigenvalue weighted by Crippen LogP contribution is -2.29. The molecule has 0 radical (unpaired) electrons. The lowest BCUT2D eigenvalue weighted by Gasteiger charge is -2.23. The molecule has 4 heteroatoms. The van der Waals surface area contributed by atoms with E-state index in [1.807, 2.05) is 19.2 Å². The van der Waals surface area contributed by atoms with E-state index in [1.165, 1.54) is 13.0 Å². The maximum atomic E-state index is 11.6. The number of likely N-dealkylation sites (tertiary alicyclic amines) is 1. The van der Waals surface area contributed by atoms with Crippen molar-refractivity contribution >= 4 is 11.6 Å². The number of pyridine rings is 1. The van der Waals surface area contributed by atoms with E-state index in [-0.39, 0.29) is 5.78 Å². The fraction of sp³-hybridized carbons (Fsp3) is 0.571. The molecule has 0 bridgehead atoms. The standard InChI is InChI=1S/C14H21N3O/c1-11(18)13-5-4-7-15-14(13)17(3)10-12-6-8-16(2)9-12/h4-5,7,12H,6,8-10H2,1-3H3. The van der Waals surface area contributed by atoms with Gasteiger partial charge in [-0.1, -0.05) is 0 Å². The minimum absolute atomic E-state index is 0.0773. The molecule has 2 rings (SSSR count). The summed E-state index contributed by atoms with van der Waals surface area (Å²) in [7, 11) is 4.18. The van der Waals surface area contributed by atoms with Crippen molar-refractivity contribution in [2.45, 2.75) is 13.3 Å². The molecule has 18 heavy (non-hydrogen) atoms. The average molecular weight is 247 g/mol. The molecule has 1 aromatic rings. The third-order valence-corrected chi connectivity index (χ3v) is 3.55. The third-order valence-electron chi connectivity index (χ3n) is 3.55. The molecule has 1 unspecified atom stereocenters. The predicted octanol–water partition coefficient (Wildman–Crippen LogP) is 1.67. The highest BCUT2D eigenvalue weighted by Crippen LogP contribution is 2.21. The number of ketones is 1. The van der Waals surface area contributed by atoms with E-state index in [1.54, 1.807) is 13.1 Å². The highest BCUT2D eigenvalue weighted by atomic mass is 16.1. The molecule has 0 aliphatic carbocycles. The zero-order chi connectivity index (χ0) is 13.1. The number of carbonyl (C=O) groups excluding carboxylic acids is 1. The quantitative estimate of drug-likeness (QED) is 0.758. The second kappa shape index (κ2) is 5.48. The van der Waals surface area contributed by atoms with Crippen LogP contribution in [0.1, 0.15) is 23.7 Å². The van der Waals surface area contributed by atoms with Crippen LogP contribution >= 0.6 is 0 Å². The summed E-state index contributed by atoms with van der Waals surface area (Å²) in [5.41, 5.74) is 0.714. The SMILES string of the molecule is CC(=O)c1cccnc1N(C)CC1CCN(C)C1. The van der Waals surface area contributed by atoms with Crippen LogP contribution in [0.2, 0.25) is 0 Å². The molecule has 1 aliphatic heterocycles. The molecule has 1 saturated heterocycles. The van der Waals surface area contributed by atoms with Crippen molar-refractivity contribution in [1.82, 2.24) is 9.88 Å². The van der Waals surface area contributed by atoms with E-state index in [0.717, 1.165) is 18.9 Å². The number of Topliss-reactive ketones (excluding diaryl/α,β-unsaturated/α-hetero) is 1.